The van der Waals surface area contributed by atoms with Gasteiger partial charge in [-0.25, -0.2) is 8.42 Å². The lowest BCUT2D eigenvalue weighted by molar-refractivity contribution is -0.116. The Hall–Kier alpha value is -1.98. The summed E-state index contributed by atoms with van der Waals surface area (Å²) in [7, 11) is -3.40. The molecule has 0 fully saturated rings. The summed E-state index contributed by atoms with van der Waals surface area (Å²) in [4.78, 5) is 15.2. The van der Waals surface area contributed by atoms with Gasteiger partial charge in [0.25, 0.3) is 0 Å². The molecule has 0 heterocycles. The first-order valence-electron chi connectivity index (χ1n) is 12.5. The molecule has 178 valence electrons. The smallest absolute Gasteiger partial charge is 0.157 e. The number of hydrogen-bond acceptors (Lipinski definition) is 4. The number of hydrogen-bond donors (Lipinski definition) is 0. The van der Waals surface area contributed by atoms with E-state index in [1.165, 1.54) is 33.4 Å². The zero-order valence-electron chi connectivity index (χ0n) is 20.1. The second kappa shape index (κ2) is 10.5. The van der Waals surface area contributed by atoms with Crippen molar-refractivity contribution in [1.29, 1.82) is 0 Å². The van der Waals surface area contributed by atoms with E-state index in [1.807, 2.05) is 18.2 Å². The number of nitrogens with zero attached hydrogens (tertiary/aromatic N) is 1. The first-order valence-corrected chi connectivity index (χ1v) is 14.3. The molecule has 0 N–H and O–H groups in total. The molecular formula is C28H37NO3S. The van der Waals surface area contributed by atoms with Crippen molar-refractivity contribution in [3.05, 3.63) is 69.8 Å². The van der Waals surface area contributed by atoms with Gasteiger partial charge in [-0.05, 0) is 98.7 Å². The number of aryl methyl sites for hydroxylation is 2. The number of sulfone groups is 1. The van der Waals surface area contributed by atoms with Gasteiger partial charge >= 0.3 is 0 Å². The van der Waals surface area contributed by atoms with Gasteiger partial charge in [0, 0.05) is 19.0 Å². The van der Waals surface area contributed by atoms with Crippen molar-refractivity contribution >= 4 is 15.6 Å². The first-order chi connectivity index (χ1) is 15.8. The summed E-state index contributed by atoms with van der Waals surface area (Å²) in [6.07, 6.45) is 7.39. The zero-order valence-corrected chi connectivity index (χ0v) is 20.9. The number of carbonyl (C=O) groups excluding carboxylic acids is 1. The molecule has 0 aliphatic heterocycles. The van der Waals surface area contributed by atoms with Gasteiger partial charge in [-0.3, -0.25) is 9.69 Å². The molecule has 0 aromatic heterocycles. The van der Waals surface area contributed by atoms with Crippen LogP contribution in [-0.4, -0.2) is 43.2 Å². The van der Waals surface area contributed by atoms with Crippen molar-refractivity contribution in [3.8, 4) is 0 Å². The minimum Gasteiger partial charge on any atom is -0.298 e. The average Bonchev–Trinajstić information content (AvgIpc) is 3.42. The van der Waals surface area contributed by atoms with Crippen molar-refractivity contribution < 1.29 is 13.2 Å². The van der Waals surface area contributed by atoms with E-state index in [0.29, 0.717) is 19.0 Å². The van der Waals surface area contributed by atoms with Gasteiger partial charge in [0.2, 0.25) is 0 Å². The second-order valence-electron chi connectivity index (χ2n) is 10.0. The molecule has 2 aliphatic carbocycles. The van der Waals surface area contributed by atoms with Crippen LogP contribution in [0.4, 0.5) is 0 Å². The lowest BCUT2D eigenvalue weighted by Crippen LogP contribution is -2.32. The highest BCUT2D eigenvalue weighted by molar-refractivity contribution is 7.92. The van der Waals surface area contributed by atoms with Gasteiger partial charge in [-0.2, -0.15) is 0 Å². The van der Waals surface area contributed by atoms with Crippen LogP contribution in [0, 0.1) is 0 Å². The number of benzene rings is 2. The van der Waals surface area contributed by atoms with E-state index in [-0.39, 0.29) is 23.7 Å². The van der Waals surface area contributed by atoms with Gasteiger partial charge < -0.3 is 0 Å². The molecule has 0 bridgehead atoms. The molecule has 0 amide bonds. The van der Waals surface area contributed by atoms with Crippen molar-refractivity contribution in [3.63, 3.8) is 0 Å². The molecular weight excluding hydrogens is 430 g/mol. The summed E-state index contributed by atoms with van der Waals surface area (Å²) < 4.78 is 25.5. The van der Waals surface area contributed by atoms with E-state index < -0.39 is 9.84 Å². The standard InChI is InChI=1S/C28H37NO3S/c1-21(2)29(19-22-9-4-3-5-10-22)15-8-16-33(31,32)20-25(30)18-28-26-13-6-11-23(26)17-24-12-7-14-27(24)28/h3-5,9-10,17,21H,6-8,11-16,18-20H2,1-2H3. The van der Waals surface area contributed by atoms with Crippen molar-refractivity contribution in [2.45, 2.75) is 77.8 Å². The second-order valence-corrected chi connectivity index (χ2v) is 12.2. The molecule has 0 unspecified atom stereocenters. The lowest BCUT2D eigenvalue weighted by atomic mass is 9.91. The van der Waals surface area contributed by atoms with E-state index in [0.717, 1.165) is 45.1 Å². The van der Waals surface area contributed by atoms with Crippen LogP contribution in [0.5, 0.6) is 0 Å². The summed E-state index contributed by atoms with van der Waals surface area (Å²) in [5.74, 6) is -0.400. The van der Waals surface area contributed by atoms with Crippen LogP contribution in [-0.2, 0) is 53.3 Å². The van der Waals surface area contributed by atoms with E-state index in [4.69, 9.17) is 0 Å². The third kappa shape index (κ3) is 6.13. The van der Waals surface area contributed by atoms with Gasteiger partial charge in [-0.15, -0.1) is 0 Å². The maximum Gasteiger partial charge on any atom is 0.157 e. The van der Waals surface area contributed by atoms with E-state index in [9.17, 15) is 13.2 Å². The molecule has 4 nitrogen and oxygen atoms in total. The van der Waals surface area contributed by atoms with E-state index in [1.54, 1.807) is 0 Å². The number of carbonyl (C=O) groups is 1. The lowest BCUT2D eigenvalue weighted by Gasteiger charge is -2.26. The zero-order chi connectivity index (χ0) is 23.4. The molecule has 2 aliphatic rings. The highest BCUT2D eigenvalue weighted by atomic mass is 32.2. The largest absolute Gasteiger partial charge is 0.298 e. The van der Waals surface area contributed by atoms with Crippen LogP contribution in [0.15, 0.2) is 36.4 Å². The molecule has 0 saturated heterocycles. The number of Topliss-reactive ketones (excluding diaryl/α,β-unsaturated/α-hetero) is 1. The van der Waals surface area contributed by atoms with Crippen LogP contribution >= 0.6 is 0 Å². The SMILES string of the molecule is CC(C)N(CCCS(=O)(=O)CC(=O)Cc1c2c(cc3c1CCC3)CCC2)Cc1ccccc1. The van der Waals surface area contributed by atoms with E-state index >= 15 is 0 Å². The molecule has 2 aromatic rings. The third-order valence-corrected chi connectivity index (χ3v) is 8.88. The Labute approximate surface area is 199 Å². The van der Waals surface area contributed by atoms with Gasteiger partial charge in [0.1, 0.15) is 5.75 Å². The van der Waals surface area contributed by atoms with Gasteiger partial charge in [0.05, 0.1) is 5.75 Å². The summed E-state index contributed by atoms with van der Waals surface area (Å²) in [6.45, 7) is 5.79. The first kappa shape index (κ1) is 24.2. The predicted molar refractivity (Wildman–Crippen MR) is 134 cm³/mol. The van der Waals surface area contributed by atoms with Crippen LogP contribution < -0.4 is 0 Å². The van der Waals surface area contributed by atoms with Crippen LogP contribution in [0.2, 0.25) is 0 Å². The maximum atomic E-state index is 12.9. The number of rotatable bonds is 11. The van der Waals surface area contributed by atoms with Gasteiger partial charge in [-0.1, -0.05) is 36.4 Å². The van der Waals surface area contributed by atoms with Crippen molar-refractivity contribution in [2.75, 3.05) is 18.1 Å². The summed E-state index contributed by atoms with van der Waals surface area (Å²) in [5.41, 5.74) is 7.88. The molecule has 0 atom stereocenters. The summed E-state index contributed by atoms with van der Waals surface area (Å²) in [5, 5.41) is 0. The topological polar surface area (TPSA) is 54.5 Å². The van der Waals surface area contributed by atoms with Crippen molar-refractivity contribution in [1.82, 2.24) is 4.90 Å². The Morgan fingerprint density at radius 3 is 2.21 bits per heavy atom. The molecule has 5 heteroatoms. The minimum absolute atomic E-state index is 0.0712. The average molecular weight is 468 g/mol. The molecule has 0 spiro atoms. The highest BCUT2D eigenvalue weighted by Crippen LogP contribution is 2.35. The molecule has 33 heavy (non-hydrogen) atoms. The molecule has 4 rings (SSSR count). The van der Waals surface area contributed by atoms with Crippen LogP contribution in [0.3, 0.4) is 0 Å². The monoisotopic (exact) mass is 467 g/mol. The van der Waals surface area contributed by atoms with Crippen LogP contribution in [0.25, 0.3) is 0 Å². The Balaban J connectivity index is 1.33. The Morgan fingerprint density at radius 1 is 0.970 bits per heavy atom. The maximum absolute atomic E-state index is 12.9. The Bertz CT molecular complexity index is 1060. The molecule has 0 saturated carbocycles. The fraction of sp³-hybridized carbons (Fsp3) is 0.536. The molecule has 0 radical (unpaired) electrons. The summed E-state index contributed by atoms with van der Waals surface area (Å²) >= 11 is 0. The summed E-state index contributed by atoms with van der Waals surface area (Å²) in [6, 6.07) is 12.9. The minimum atomic E-state index is -3.40. The predicted octanol–water partition coefficient (Wildman–Crippen LogP) is 4.49. The van der Waals surface area contributed by atoms with E-state index in [2.05, 4.69) is 36.9 Å². The number of ketones is 1. The Kier molecular flexibility index (Phi) is 7.70. The third-order valence-electron chi connectivity index (χ3n) is 7.21. The van der Waals surface area contributed by atoms with Crippen molar-refractivity contribution in [2.24, 2.45) is 0 Å². The van der Waals surface area contributed by atoms with Gasteiger partial charge in [0.15, 0.2) is 15.6 Å². The normalized spacial score (nSPS) is 15.3. The number of fused-ring (bicyclic) bond motifs is 2. The quantitative estimate of drug-likeness (QED) is 0.489. The molecule has 2 aromatic carbocycles. The fourth-order valence-corrected chi connectivity index (χ4v) is 6.84. The van der Waals surface area contributed by atoms with Crippen LogP contribution in [0.1, 0.15) is 66.5 Å². The highest BCUT2D eigenvalue weighted by Gasteiger charge is 2.26. The Morgan fingerprint density at radius 2 is 1.61 bits per heavy atom. The fourth-order valence-electron chi connectivity index (χ4n) is 5.54.